The number of carbonyl (C=O) groups is 1. The van der Waals surface area contributed by atoms with Gasteiger partial charge in [0.1, 0.15) is 0 Å². The van der Waals surface area contributed by atoms with Gasteiger partial charge in [-0.1, -0.05) is 0 Å². The molecule has 0 aromatic heterocycles. The zero-order chi connectivity index (χ0) is 12.8. The van der Waals surface area contributed by atoms with Gasteiger partial charge >= 0.3 is 5.97 Å². The van der Waals surface area contributed by atoms with Crippen LogP contribution in [0, 0.1) is 0 Å². The zero-order valence-corrected chi connectivity index (χ0v) is 9.37. The normalized spacial score (nSPS) is 10.4. The highest BCUT2D eigenvalue weighted by Crippen LogP contribution is 2.20. The van der Waals surface area contributed by atoms with Gasteiger partial charge in [-0.3, -0.25) is 0 Å². The number of anilines is 2. The van der Waals surface area contributed by atoms with Gasteiger partial charge in [-0.2, -0.15) is 0 Å². The van der Waals surface area contributed by atoms with Gasteiger partial charge in [0.05, 0.1) is 30.1 Å². The number of nitrogens with one attached hydrogen (secondary N) is 1. The Balaban J connectivity index is 2.75. The molecule has 0 bridgehead atoms. The van der Waals surface area contributed by atoms with Gasteiger partial charge < -0.3 is 15.8 Å². The van der Waals surface area contributed by atoms with Crippen molar-refractivity contribution in [3.8, 4) is 0 Å². The van der Waals surface area contributed by atoms with E-state index < -0.39 is 18.9 Å². The number of nitrogens with two attached hydrogens (primary N) is 1. The summed E-state index contributed by atoms with van der Waals surface area (Å²) in [4.78, 5) is 11.4. The van der Waals surface area contributed by atoms with Gasteiger partial charge in [-0.15, -0.1) is 0 Å². The molecular weight excluding hydrogens is 230 g/mol. The number of hydrogen-bond acceptors (Lipinski definition) is 4. The molecule has 0 fully saturated rings. The minimum Gasteiger partial charge on any atom is -0.462 e. The van der Waals surface area contributed by atoms with Gasteiger partial charge in [0.15, 0.2) is 0 Å². The molecule has 94 valence electrons. The van der Waals surface area contributed by atoms with E-state index in [0.29, 0.717) is 11.3 Å². The van der Waals surface area contributed by atoms with Gasteiger partial charge in [0, 0.05) is 0 Å². The fraction of sp³-hybridized carbons (Fsp3) is 0.364. The van der Waals surface area contributed by atoms with Crippen molar-refractivity contribution in [3.63, 3.8) is 0 Å². The van der Waals surface area contributed by atoms with Crippen molar-refractivity contribution in [2.24, 2.45) is 0 Å². The Morgan fingerprint density at radius 2 is 2.24 bits per heavy atom. The minimum atomic E-state index is -2.46. The maximum absolute atomic E-state index is 12.0. The molecule has 0 aliphatic rings. The topological polar surface area (TPSA) is 64.3 Å². The number of carbonyl (C=O) groups excluding carboxylic acids is 1. The highest BCUT2D eigenvalue weighted by Gasteiger charge is 2.09. The molecule has 0 spiro atoms. The molecule has 0 saturated heterocycles. The van der Waals surface area contributed by atoms with Crippen molar-refractivity contribution in [2.45, 2.75) is 13.3 Å². The highest BCUT2D eigenvalue weighted by atomic mass is 19.3. The van der Waals surface area contributed by atoms with Gasteiger partial charge in [-0.25, -0.2) is 13.6 Å². The highest BCUT2D eigenvalue weighted by molar-refractivity contribution is 5.91. The average molecular weight is 244 g/mol. The summed E-state index contributed by atoms with van der Waals surface area (Å²) in [5, 5.41) is 2.48. The van der Waals surface area contributed by atoms with Crippen molar-refractivity contribution in [3.05, 3.63) is 23.8 Å². The van der Waals surface area contributed by atoms with E-state index in [2.05, 4.69) is 5.32 Å². The van der Waals surface area contributed by atoms with Crippen molar-refractivity contribution in [1.82, 2.24) is 0 Å². The number of ether oxygens (including phenoxy) is 1. The molecule has 0 unspecified atom stereocenters. The first-order valence-corrected chi connectivity index (χ1v) is 5.13. The molecule has 0 amide bonds. The Kier molecular flexibility index (Phi) is 4.68. The quantitative estimate of drug-likeness (QED) is 0.615. The van der Waals surface area contributed by atoms with E-state index in [1.807, 2.05) is 0 Å². The lowest BCUT2D eigenvalue weighted by Crippen LogP contribution is -2.12. The second-order valence-corrected chi connectivity index (χ2v) is 3.29. The molecule has 0 saturated carbocycles. The number of alkyl halides is 2. The summed E-state index contributed by atoms with van der Waals surface area (Å²) in [6, 6.07) is 4.35. The first-order valence-electron chi connectivity index (χ1n) is 5.13. The molecule has 3 N–H and O–H groups in total. The van der Waals surface area contributed by atoms with Crippen LogP contribution in [0.4, 0.5) is 20.2 Å². The fourth-order valence-electron chi connectivity index (χ4n) is 1.25. The summed E-state index contributed by atoms with van der Waals surface area (Å²) in [5.41, 5.74) is 6.53. The molecule has 1 aromatic rings. The van der Waals surface area contributed by atoms with Crippen LogP contribution in [0.5, 0.6) is 0 Å². The number of hydrogen-bond donors (Lipinski definition) is 2. The number of nitrogen functional groups attached to an aromatic ring is 1. The molecule has 17 heavy (non-hydrogen) atoms. The monoisotopic (exact) mass is 244 g/mol. The van der Waals surface area contributed by atoms with E-state index in [1.165, 1.54) is 18.2 Å². The zero-order valence-electron chi connectivity index (χ0n) is 9.37. The molecule has 0 radical (unpaired) electrons. The Morgan fingerprint density at radius 1 is 1.53 bits per heavy atom. The van der Waals surface area contributed by atoms with Gasteiger partial charge in [0.2, 0.25) is 0 Å². The Bertz CT molecular complexity index is 397. The lowest BCUT2D eigenvalue weighted by atomic mass is 10.1. The fourth-order valence-corrected chi connectivity index (χ4v) is 1.25. The first kappa shape index (κ1) is 13.2. The second-order valence-electron chi connectivity index (χ2n) is 3.29. The molecule has 1 rings (SSSR count). The number of rotatable bonds is 5. The van der Waals surface area contributed by atoms with Gasteiger partial charge in [0.25, 0.3) is 6.43 Å². The Hall–Kier alpha value is -1.85. The molecule has 0 atom stereocenters. The minimum absolute atomic E-state index is 0.233. The third kappa shape index (κ3) is 3.90. The first-order chi connectivity index (χ1) is 8.04. The standard InChI is InChI=1S/C11H14F2N2O2/c1-2-17-11(16)7-3-4-9(8(14)5-7)15-6-10(12)13/h3-5,10,15H,2,6,14H2,1H3. The van der Waals surface area contributed by atoms with E-state index in [1.54, 1.807) is 6.92 Å². The molecule has 6 heteroatoms. The predicted octanol–water partition coefficient (Wildman–Crippen LogP) is 2.12. The van der Waals surface area contributed by atoms with Crippen LogP contribution in [-0.2, 0) is 4.74 Å². The van der Waals surface area contributed by atoms with Crippen LogP contribution in [0.3, 0.4) is 0 Å². The van der Waals surface area contributed by atoms with E-state index in [4.69, 9.17) is 10.5 Å². The second kappa shape index (κ2) is 6.03. The van der Waals surface area contributed by atoms with Crippen molar-refractivity contribution in [2.75, 3.05) is 24.2 Å². The van der Waals surface area contributed by atoms with Gasteiger partial charge in [-0.05, 0) is 25.1 Å². The number of esters is 1. The lowest BCUT2D eigenvalue weighted by Gasteiger charge is -2.10. The average Bonchev–Trinajstić information content (AvgIpc) is 2.27. The smallest absolute Gasteiger partial charge is 0.338 e. The molecule has 0 heterocycles. The van der Waals surface area contributed by atoms with Crippen LogP contribution in [0.2, 0.25) is 0 Å². The van der Waals surface area contributed by atoms with Crippen molar-refractivity contribution < 1.29 is 18.3 Å². The van der Waals surface area contributed by atoms with Crippen LogP contribution in [-0.4, -0.2) is 25.5 Å². The van der Waals surface area contributed by atoms with Crippen LogP contribution >= 0.6 is 0 Å². The summed E-state index contributed by atoms with van der Waals surface area (Å²) in [6.45, 7) is 1.48. The van der Waals surface area contributed by atoms with E-state index in [9.17, 15) is 13.6 Å². The summed E-state index contributed by atoms with van der Waals surface area (Å²) >= 11 is 0. The maximum Gasteiger partial charge on any atom is 0.338 e. The summed E-state index contributed by atoms with van der Waals surface area (Å²) in [5.74, 6) is -0.486. The SMILES string of the molecule is CCOC(=O)c1ccc(NCC(F)F)c(N)c1. The van der Waals surface area contributed by atoms with Crippen molar-refractivity contribution in [1.29, 1.82) is 0 Å². The summed E-state index contributed by atoms with van der Waals surface area (Å²) in [6.07, 6.45) is -2.46. The molecule has 0 aliphatic carbocycles. The van der Waals surface area contributed by atoms with E-state index in [0.717, 1.165) is 0 Å². The van der Waals surface area contributed by atoms with E-state index >= 15 is 0 Å². The Labute approximate surface area is 97.8 Å². The third-order valence-electron chi connectivity index (χ3n) is 2.01. The number of halogens is 2. The molecule has 4 nitrogen and oxygen atoms in total. The largest absolute Gasteiger partial charge is 0.462 e. The van der Waals surface area contributed by atoms with Crippen LogP contribution in [0.25, 0.3) is 0 Å². The lowest BCUT2D eigenvalue weighted by molar-refractivity contribution is 0.0526. The van der Waals surface area contributed by atoms with E-state index in [-0.39, 0.29) is 12.3 Å². The van der Waals surface area contributed by atoms with Crippen LogP contribution in [0.15, 0.2) is 18.2 Å². The van der Waals surface area contributed by atoms with Crippen LogP contribution < -0.4 is 11.1 Å². The third-order valence-corrected chi connectivity index (χ3v) is 2.01. The molecule has 0 aliphatic heterocycles. The number of benzene rings is 1. The van der Waals surface area contributed by atoms with Crippen LogP contribution in [0.1, 0.15) is 17.3 Å². The summed E-state index contributed by atoms with van der Waals surface area (Å²) in [7, 11) is 0. The predicted molar refractivity (Wildman–Crippen MR) is 61.3 cm³/mol. The molecular formula is C11H14F2N2O2. The molecule has 1 aromatic carbocycles. The maximum atomic E-state index is 12.0. The Morgan fingerprint density at radius 3 is 2.76 bits per heavy atom. The van der Waals surface area contributed by atoms with Crippen molar-refractivity contribution >= 4 is 17.3 Å². The summed E-state index contributed by atoms with van der Waals surface area (Å²) < 4.78 is 28.8.